The summed E-state index contributed by atoms with van der Waals surface area (Å²) >= 11 is 1.00. The molecule has 0 saturated carbocycles. The highest BCUT2D eigenvalue weighted by Crippen LogP contribution is 2.41. The van der Waals surface area contributed by atoms with Crippen molar-refractivity contribution in [2.75, 3.05) is 11.4 Å². The summed E-state index contributed by atoms with van der Waals surface area (Å²) in [6, 6.07) is 7.30. The smallest absolute Gasteiger partial charge is 0.304 e. The van der Waals surface area contributed by atoms with Crippen LogP contribution in [0.1, 0.15) is 23.5 Å². The van der Waals surface area contributed by atoms with Gasteiger partial charge in [0.05, 0.1) is 15.5 Å². The second-order valence-corrected chi connectivity index (χ2v) is 5.34. The highest BCUT2D eigenvalue weighted by Gasteiger charge is 2.26. The molecule has 0 spiro atoms. The molecule has 110 valence electrons. The number of anilines is 2. The number of ketones is 1. The molecule has 0 aliphatic carbocycles. The molecule has 0 radical (unpaired) electrons. The van der Waals surface area contributed by atoms with Crippen LogP contribution < -0.4 is 4.90 Å². The van der Waals surface area contributed by atoms with Crippen molar-refractivity contribution in [3.8, 4) is 0 Å². The fraction of sp³-hybridized carbons (Fsp3) is 0.214. The van der Waals surface area contributed by atoms with Crippen LogP contribution >= 0.6 is 11.3 Å². The van der Waals surface area contributed by atoms with E-state index in [2.05, 4.69) is 0 Å². The predicted octanol–water partition coefficient (Wildman–Crippen LogP) is 4.16. The summed E-state index contributed by atoms with van der Waals surface area (Å²) < 4.78 is 13.9. The molecule has 0 aliphatic heterocycles. The van der Waals surface area contributed by atoms with E-state index in [0.717, 1.165) is 11.3 Å². The molecule has 0 fully saturated rings. The van der Waals surface area contributed by atoms with Crippen LogP contribution in [0.25, 0.3) is 0 Å². The van der Waals surface area contributed by atoms with E-state index in [1.54, 1.807) is 25.1 Å². The minimum absolute atomic E-state index is 0.185. The Morgan fingerprint density at radius 2 is 2.10 bits per heavy atom. The number of hydrogen-bond acceptors (Lipinski definition) is 5. The van der Waals surface area contributed by atoms with Crippen LogP contribution in [0.4, 0.5) is 20.8 Å². The minimum atomic E-state index is -0.554. The number of para-hydroxylation sites is 1. The van der Waals surface area contributed by atoms with E-state index in [0.29, 0.717) is 6.54 Å². The molecule has 0 saturated heterocycles. The number of carbonyl (C=O) groups is 1. The van der Waals surface area contributed by atoms with Crippen molar-refractivity contribution in [1.29, 1.82) is 0 Å². The first-order valence-corrected chi connectivity index (χ1v) is 7.08. The number of thiophene rings is 1. The number of hydrogen-bond donors (Lipinski definition) is 0. The van der Waals surface area contributed by atoms with E-state index in [1.807, 2.05) is 0 Å². The molecule has 7 heteroatoms. The Balaban J connectivity index is 2.59. The summed E-state index contributed by atoms with van der Waals surface area (Å²) in [6.45, 7) is 3.46. The van der Waals surface area contributed by atoms with Crippen molar-refractivity contribution in [1.82, 2.24) is 0 Å². The highest BCUT2D eigenvalue weighted by molar-refractivity contribution is 7.18. The molecule has 0 amide bonds. The molecular formula is C14H13FN2O3S. The largest absolute Gasteiger partial charge is 0.325 e. The van der Waals surface area contributed by atoms with Crippen molar-refractivity contribution in [2.45, 2.75) is 13.8 Å². The van der Waals surface area contributed by atoms with Crippen molar-refractivity contribution in [3.05, 3.63) is 51.1 Å². The molecular weight excluding hydrogens is 295 g/mol. The van der Waals surface area contributed by atoms with E-state index in [1.165, 1.54) is 24.0 Å². The van der Waals surface area contributed by atoms with E-state index >= 15 is 0 Å². The molecule has 1 heterocycles. The van der Waals surface area contributed by atoms with Gasteiger partial charge in [-0.15, -0.1) is 11.3 Å². The number of nitro groups is 1. The van der Waals surface area contributed by atoms with Gasteiger partial charge in [0.25, 0.3) is 0 Å². The van der Waals surface area contributed by atoms with Gasteiger partial charge in [-0.3, -0.25) is 14.9 Å². The SMILES string of the molecule is CCN(c1ccccc1F)c1sc(C(C)=O)cc1[N+](=O)[O-]. The lowest BCUT2D eigenvalue weighted by molar-refractivity contribution is -0.383. The van der Waals surface area contributed by atoms with Gasteiger partial charge in [-0.1, -0.05) is 12.1 Å². The molecule has 1 aromatic heterocycles. The molecule has 2 rings (SSSR count). The minimum Gasteiger partial charge on any atom is -0.325 e. The van der Waals surface area contributed by atoms with Gasteiger partial charge in [0.15, 0.2) is 10.8 Å². The fourth-order valence-corrected chi connectivity index (χ4v) is 3.06. The second kappa shape index (κ2) is 6.01. The second-order valence-electron chi connectivity index (χ2n) is 4.31. The predicted molar refractivity (Wildman–Crippen MR) is 80.1 cm³/mol. The normalized spacial score (nSPS) is 10.4. The summed E-state index contributed by atoms with van der Waals surface area (Å²) in [5, 5.41) is 11.4. The van der Waals surface area contributed by atoms with Crippen LogP contribution in [0.5, 0.6) is 0 Å². The van der Waals surface area contributed by atoms with Gasteiger partial charge in [0.2, 0.25) is 0 Å². The zero-order chi connectivity index (χ0) is 15.6. The van der Waals surface area contributed by atoms with Gasteiger partial charge in [0.1, 0.15) is 5.82 Å². The fourth-order valence-electron chi connectivity index (χ4n) is 1.96. The monoisotopic (exact) mass is 308 g/mol. The van der Waals surface area contributed by atoms with Crippen LogP contribution in [0.2, 0.25) is 0 Å². The molecule has 5 nitrogen and oxygen atoms in total. The molecule has 2 aromatic rings. The average Bonchev–Trinajstić information content (AvgIpc) is 2.87. The topological polar surface area (TPSA) is 63.5 Å². The standard InChI is InChI=1S/C14H13FN2O3S/c1-3-16(11-7-5-4-6-10(11)15)14-12(17(19)20)8-13(21-14)9(2)18/h4-8H,3H2,1-2H3. The highest BCUT2D eigenvalue weighted by atomic mass is 32.1. The first-order valence-electron chi connectivity index (χ1n) is 6.27. The molecule has 21 heavy (non-hydrogen) atoms. The Morgan fingerprint density at radius 3 is 2.62 bits per heavy atom. The number of benzene rings is 1. The summed E-state index contributed by atoms with van der Waals surface area (Å²) in [6.07, 6.45) is 0. The quantitative estimate of drug-likeness (QED) is 0.473. The van der Waals surface area contributed by atoms with Gasteiger partial charge in [-0.05, 0) is 26.0 Å². The Kier molecular flexibility index (Phi) is 4.32. The molecule has 0 bridgehead atoms. The summed E-state index contributed by atoms with van der Waals surface area (Å²) in [4.78, 5) is 23.9. The Bertz CT molecular complexity index is 699. The molecule has 0 N–H and O–H groups in total. The Hall–Kier alpha value is -2.28. The first-order chi connectivity index (χ1) is 9.95. The molecule has 0 atom stereocenters. The van der Waals surface area contributed by atoms with Crippen LogP contribution in [0.15, 0.2) is 30.3 Å². The van der Waals surface area contributed by atoms with Crippen LogP contribution in [-0.4, -0.2) is 17.3 Å². The van der Waals surface area contributed by atoms with E-state index in [9.17, 15) is 19.3 Å². The third-order valence-corrected chi connectivity index (χ3v) is 4.19. The third-order valence-electron chi connectivity index (χ3n) is 2.94. The van der Waals surface area contributed by atoms with Gasteiger partial charge < -0.3 is 4.90 Å². The van der Waals surface area contributed by atoms with Crippen LogP contribution in [0.3, 0.4) is 0 Å². The maximum atomic E-state index is 13.9. The third kappa shape index (κ3) is 2.92. The Labute approximate surface area is 124 Å². The lowest BCUT2D eigenvalue weighted by Crippen LogP contribution is -2.17. The van der Waals surface area contributed by atoms with E-state index in [-0.39, 0.29) is 27.0 Å². The maximum absolute atomic E-state index is 13.9. The van der Waals surface area contributed by atoms with Crippen molar-refractivity contribution < 1.29 is 14.1 Å². The zero-order valence-corrected chi connectivity index (χ0v) is 12.3. The maximum Gasteiger partial charge on any atom is 0.304 e. The summed E-state index contributed by atoms with van der Waals surface area (Å²) in [5.74, 6) is -0.717. The first kappa shape index (κ1) is 15.1. The zero-order valence-electron chi connectivity index (χ0n) is 11.5. The molecule has 0 unspecified atom stereocenters. The number of rotatable bonds is 5. The van der Waals surface area contributed by atoms with E-state index < -0.39 is 10.7 Å². The van der Waals surface area contributed by atoms with Gasteiger partial charge >= 0.3 is 5.69 Å². The summed E-state index contributed by atoms with van der Waals surface area (Å²) in [7, 11) is 0. The van der Waals surface area contributed by atoms with Crippen LogP contribution in [-0.2, 0) is 0 Å². The van der Waals surface area contributed by atoms with E-state index in [4.69, 9.17) is 0 Å². The van der Waals surface area contributed by atoms with Gasteiger partial charge in [-0.2, -0.15) is 0 Å². The number of carbonyl (C=O) groups excluding carboxylic acids is 1. The van der Waals surface area contributed by atoms with Crippen molar-refractivity contribution in [2.24, 2.45) is 0 Å². The number of Topliss-reactive ketones (excluding diaryl/α,β-unsaturated/α-hetero) is 1. The average molecular weight is 308 g/mol. The van der Waals surface area contributed by atoms with Crippen LogP contribution in [0, 0.1) is 15.9 Å². The molecule has 1 aromatic carbocycles. The number of halogens is 1. The Morgan fingerprint density at radius 1 is 1.43 bits per heavy atom. The van der Waals surface area contributed by atoms with Crippen molar-refractivity contribution >= 4 is 33.5 Å². The number of nitrogens with zero attached hydrogens (tertiary/aromatic N) is 2. The lowest BCUT2D eigenvalue weighted by Gasteiger charge is -2.21. The van der Waals surface area contributed by atoms with Crippen molar-refractivity contribution in [3.63, 3.8) is 0 Å². The summed E-state index contributed by atoms with van der Waals surface area (Å²) in [5.41, 5.74) is 0.0651. The lowest BCUT2D eigenvalue weighted by atomic mass is 10.2. The van der Waals surface area contributed by atoms with Gasteiger partial charge in [-0.25, -0.2) is 4.39 Å². The van der Waals surface area contributed by atoms with Gasteiger partial charge in [0, 0.05) is 12.6 Å². The molecule has 0 aliphatic rings.